The van der Waals surface area contributed by atoms with E-state index in [0.29, 0.717) is 17.3 Å². The monoisotopic (exact) mass is 238 g/mol. The molecule has 0 aromatic heterocycles. The molecule has 0 radical (unpaired) electrons. The van der Waals surface area contributed by atoms with Crippen molar-refractivity contribution in [2.45, 2.75) is 59.0 Å². The molecule has 98 valence electrons. The summed E-state index contributed by atoms with van der Waals surface area (Å²) in [7, 11) is 0. The highest BCUT2D eigenvalue weighted by atomic mass is 16.3. The van der Waals surface area contributed by atoms with Crippen LogP contribution in [0.5, 0.6) is 0 Å². The first-order chi connectivity index (χ1) is 7.89. The molecule has 0 aromatic carbocycles. The number of aliphatic hydroxyl groups is 2. The van der Waals surface area contributed by atoms with Crippen LogP contribution in [0, 0.1) is 28.1 Å². The predicted octanol–water partition coefficient (Wildman–Crippen LogP) is 2.58. The van der Waals surface area contributed by atoms with Gasteiger partial charge in [-0.15, -0.1) is 0 Å². The summed E-state index contributed by atoms with van der Waals surface area (Å²) < 4.78 is 0. The minimum absolute atomic E-state index is 0.0555. The average Bonchev–Trinajstić information content (AvgIpc) is 2.57. The lowest BCUT2D eigenvalue weighted by Gasteiger charge is -2.45. The number of aliphatic hydroxyl groups excluding tert-OH is 2. The molecule has 3 fully saturated rings. The summed E-state index contributed by atoms with van der Waals surface area (Å²) in [5.41, 5.74) is 0.350. The van der Waals surface area contributed by atoms with Crippen molar-refractivity contribution in [3.8, 4) is 0 Å². The average molecular weight is 238 g/mol. The van der Waals surface area contributed by atoms with E-state index in [4.69, 9.17) is 0 Å². The van der Waals surface area contributed by atoms with Gasteiger partial charge < -0.3 is 10.2 Å². The van der Waals surface area contributed by atoms with Crippen molar-refractivity contribution in [2.24, 2.45) is 28.1 Å². The molecule has 0 spiro atoms. The minimum atomic E-state index is -0.205. The molecule has 0 aromatic rings. The van der Waals surface area contributed by atoms with E-state index in [2.05, 4.69) is 20.8 Å². The van der Waals surface area contributed by atoms with Crippen LogP contribution >= 0.6 is 0 Å². The molecule has 0 heterocycles. The second kappa shape index (κ2) is 3.27. The van der Waals surface area contributed by atoms with Gasteiger partial charge in [-0.2, -0.15) is 0 Å². The molecule has 3 aliphatic carbocycles. The molecule has 1 unspecified atom stereocenters. The fourth-order valence-electron chi connectivity index (χ4n) is 5.71. The van der Waals surface area contributed by atoms with Crippen molar-refractivity contribution >= 4 is 0 Å². The van der Waals surface area contributed by atoms with E-state index in [9.17, 15) is 10.2 Å². The van der Waals surface area contributed by atoms with Crippen molar-refractivity contribution in [1.82, 2.24) is 0 Å². The fraction of sp³-hybridized carbons (Fsp3) is 1.00. The van der Waals surface area contributed by atoms with Crippen LogP contribution in [0.3, 0.4) is 0 Å². The van der Waals surface area contributed by atoms with E-state index in [0.717, 1.165) is 6.42 Å². The zero-order chi connectivity index (χ0) is 12.5. The van der Waals surface area contributed by atoms with Crippen molar-refractivity contribution in [2.75, 3.05) is 6.61 Å². The molecule has 0 saturated heterocycles. The largest absolute Gasteiger partial charge is 0.396 e. The van der Waals surface area contributed by atoms with Crippen molar-refractivity contribution < 1.29 is 10.2 Å². The molecule has 0 amide bonds. The third-order valence-electron chi connectivity index (χ3n) is 7.13. The number of rotatable bonds is 1. The third-order valence-corrected chi connectivity index (χ3v) is 7.13. The second-order valence-electron chi connectivity index (χ2n) is 7.62. The lowest BCUT2D eigenvalue weighted by molar-refractivity contribution is -0.0768. The van der Waals surface area contributed by atoms with E-state index in [1.165, 1.54) is 25.7 Å². The summed E-state index contributed by atoms with van der Waals surface area (Å²) in [4.78, 5) is 0. The normalized spacial score (nSPS) is 61.6. The molecule has 0 aliphatic heterocycles. The molecular weight excluding hydrogens is 212 g/mol. The highest BCUT2D eigenvalue weighted by Crippen LogP contribution is 2.74. The Morgan fingerprint density at radius 1 is 1.06 bits per heavy atom. The Morgan fingerprint density at radius 3 is 2.41 bits per heavy atom. The SMILES string of the molecule is C[C@@]1(CO)CCC[C@]2(C)[C@H]3CC[C@]2(C)C(O)[C@H]31. The quantitative estimate of drug-likeness (QED) is 0.737. The highest BCUT2D eigenvalue weighted by molar-refractivity contribution is 5.19. The maximum atomic E-state index is 10.8. The van der Waals surface area contributed by atoms with Gasteiger partial charge in [0.1, 0.15) is 0 Å². The van der Waals surface area contributed by atoms with Gasteiger partial charge in [0.25, 0.3) is 0 Å². The lowest BCUT2D eigenvalue weighted by Crippen LogP contribution is -2.46. The number of hydrogen-bond acceptors (Lipinski definition) is 2. The zero-order valence-electron chi connectivity index (χ0n) is 11.4. The van der Waals surface area contributed by atoms with Crippen LogP contribution in [0.25, 0.3) is 0 Å². The first kappa shape index (κ1) is 12.0. The number of hydrogen-bond donors (Lipinski definition) is 2. The smallest absolute Gasteiger partial charge is 0.0636 e. The van der Waals surface area contributed by atoms with Crippen LogP contribution in [0.4, 0.5) is 0 Å². The molecule has 3 saturated carbocycles. The topological polar surface area (TPSA) is 40.5 Å². The van der Waals surface area contributed by atoms with Crippen molar-refractivity contribution in [3.63, 3.8) is 0 Å². The minimum Gasteiger partial charge on any atom is -0.396 e. The van der Waals surface area contributed by atoms with Gasteiger partial charge in [0, 0.05) is 6.61 Å². The van der Waals surface area contributed by atoms with Crippen molar-refractivity contribution in [3.05, 3.63) is 0 Å². The molecule has 6 atom stereocenters. The maximum Gasteiger partial charge on any atom is 0.0636 e. The Balaban J connectivity index is 2.10. The molecule has 17 heavy (non-hydrogen) atoms. The molecule has 4 bridgehead atoms. The summed E-state index contributed by atoms with van der Waals surface area (Å²) >= 11 is 0. The Bertz CT molecular complexity index is 342. The zero-order valence-corrected chi connectivity index (χ0v) is 11.4. The van der Waals surface area contributed by atoms with Crippen LogP contribution in [0.1, 0.15) is 52.9 Å². The van der Waals surface area contributed by atoms with Crippen molar-refractivity contribution in [1.29, 1.82) is 0 Å². The Labute approximate surface area is 104 Å². The predicted molar refractivity (Wildman–Crippen MR) is 67.5 cm³/mol. The van der Waals surface area contributed by atoms with Crippen LogP contribution in [0.2, 0.25) is 0 Å². The summed E-state index contributed by atoms with van der Waals surface area (Å²) in [6.45, 7) is 7.12. The summed E-state index contributed by atoms with van der Waals surface area (Å²) in [5, 5.41) is 20.6. The van der Waals surface area contributed by atoms with E-state index in [1.807, 2.05) is 0 Å². The van der Waals surface area contributed by atoms with Gasteiger partial charge in [0.2, 0.25) is 0 Å². The van der Waals surface area contributed by atoms with Gasteiger partial charge in [0.05, 0.1) is 6.10 Å². The van der Waals surface area contributed by atoms with E-state index >= 15 is 0 Å². The lowest BCUT2D eigenvalue weighted by atomic mass is 9.62. The van der Waals surface area contributed by atoms with Gasteiger partial charge in [-0.25, -0.2) is 0 Å². The Hall–Kier alpha value is -0.0800. The Kier molecular flexibility index (Phi) is 2.30. The van der Waals surface area contributed by atoms with Crippen LogP contribution in [-0.4, -0.2) is 22.9 Å². The van der Waals surface area contributed by atoms with Gasteiger partial charge >= 0.3 is 0 Å². The first-order valence-electron chi connectivity index (χ1n) is 7.18. The van der Waals surface area contributed by atoms with Gasteiger partial charge in [-0.05, 0) is 53.8 Å². The van der Waals surface area contributed by atoms with Gasteiger partial charge in [-0.1, -0.05) is 27.2 Å². The summed E-state index contributed by atoms with van der Waals surface area (Å²) in [6, 6.07) is 0. The molecule has 2 nitrogen and oxygen atoms in total. The molecule has 3 rings (SSSR count). The first-order valence-corrected chi connectivity index (χ1v) is 7.18. The summed E-state index contributed by atoms with van der Waals surface area (Å²) in [6.07, 6.45) is 5.74. The standard InChI is InChI=1S/C15H26O2/c1-13(9-16)6-4-7-14(2)10-5-8-15(14,3)12(17)11(10)13/h10-12,16-17H,4-9H2,1-3H3/t10-,11-,12?,13-,14+,15+/m0/s1. The van der Waals surface area contributed by atoms with Crippen LogP contribution in [0.15, 0.2) is 0 Å². The molecule has 2 N–H and O–H groups in total. The van der Waals surface area contributed by atoms with E-state index < -0.39 is 0 Å². The molecule has 2 heteroatoms. The Morgan fingerprint density at radius 2 is 1.76 bits per heavy atom. The highest BCUT2D eigenvalue weighted by Gasteiger charge is 2.71. The second-order valence-corrected chi connectivity index (χ2v) is 7.62. The van der Waals surface area contributed by atoms with Crippen LogP contribution in [-0.2, 0) is 0 Å². The van der Waals surface area contributed by atoms with Gasteiger partial charge in [0.15, 0.2) is 0 Å². The third kappa shape index (κ3) is 1.14. The summed E-state index contributed by atoms with van der Waals surface area (Å²) in [5.74, 6) is 0.945. The maximum absolute atomic E-state index is 10.8. The van der Waals surface area contributed by atoms with E-state index in [-0.39, 0.29) is 23.5 Å². The van der Waals surface area contributed by atoms with Crippen LogP contribution < -0.4 is 0 Å². The molecule has 3 aliphatic rings. The van der Waals surface area contributed by atoms with Gasteiger partial charge in [-0.3, -0.25) is 0 Å². The fourth-order valence-corrected chi connectivity index (χ4v) is 5.71. The van der Waals surface area contributed by atoms with E-state index in [1.54, 1.807) is 0 Å². The molecular formula is C15H26O2.